The minimum absolute atomic E-state index is 0.113. The van der Waals surface area contributed by atoms with Crippen molar-refractivity contribution in [2.45, 2.75) is 37.0 Å². The Hall–Kier alpha value is -2.87. The van der Waals surface area contributed by atoms with E-state index in [1.54, 1.807) is 42.5 Å². The van der Waals surface area contributed by atoms with Crippen LogP contribution in [0.1, 0.15) is 32.1 Å². The van der Waals surface area contributed by atoms with Gasteiger partial charge in [-0.2, -0.15) is 5.10 Å². The second kappa shape index (κ2) is 9.56. The number of amides is 1. The average Bonchev–Trinajstić information content (AvgIpc) is 2.77. The van der Waals surface area contributed by atoms with Gasteiger partial charge < -0.3 is 4.74 Å². The summed E-state index contributed by atoms with van der Waals surface area (Å²) in [4.78, 5) is 12.6. The molecule has 3 rings (SSSR count). The van der Waals surface area contributed by atoms with Crippen LogP contribution in [0.25, 0.3) is 0 Å². The van der Waals surface area contributed by atoms with E-state index in [0.29, 0.717) is 11.4 Å². The number of sulfonamides is 1. The van der Waals surface area contributed by atoms with E-state index < -0.39 is 15.9 Å². The van der Waals surface area contributed by atoms with Crippen molar-refractivity contribution < 1.29 is 17.9 Å². The van der Waals surface area contributed by atoms with Crippen LogP contribution in [0, 0.1) is 0 Å². The fourth-order valence-electron chi connectivity index (χ4n) is 3.16. The Labute approximate surface area is 171 Å². The minimum atomic E-state index is -3.93. The zero-order valence-corrected chi connectivity index (χ0v) is 17.2. The van der Waals surface area contributed by atoms with Crippen LogP contribution in [-0.2, 0) is 14.8 Å². The maximum Gasteiger partial charge on any atom is 0.264 e. The topological polar surface area (TPSA) is 88.1 Å². The molecule has 0 radical (unpaired) electrons. The molecule has 154 valence electrons. The van der Waals surface area contributed by atoms with E-state index in [0.717, 1.165) is 35.7 Å². The Balaban J connectivity index is 1.85. The molecule has 2 aromatic carbocycles. The van der Waals surface area contributed by atoms with E-state index in [4.69, 9.17) is 4.74 Å². The summed E-state index contributed by atoms with van der Waals surface area (Å²) in [6.45, 7) is -0.375. The summed E-state index contributed by atoms with van der Waals surface area (Å²) in [7, 11) is -2.40. The van der Waals surface area contributed by atoms with Gasteiger partial charge in [-0.3, -0.25) is 9.10 Å². The molecule has 8 heteroatoms. The summed E-state index contributed by atoms with van der Waals surface area (Å²) in [6, 6.07) is 14.6. The molecule has 7 nitrogen and oxygen atoms in total. The van der Waals surface area contributed by atoms with Gasteiger partial charge in [0, 0.05) is 5.71 Å². The van der Waals surface area contributed by atoms with Crippen molar-refractivity contribution in [3.05, 3.63) is 54.6 Å². The zero-order chi connectivity index (χ0) is 20.7. The van der Waals surface area contributed by atoms with Crippen LogP contribution in [0.15, 0.2) is 64.6 Å². The molecular formula is C21H25N3O4S. The number of rotatable bonds is 7. The first kappa shape index (κ1) is 20.9. The highest BCUT2D eigenvalue weighted by Crippen LogP contribution is 2.25. The third-order valence-electron chi connectivity index (χ3n) is 4.75. The Morgan fingerprint density at radius 2 is 1.69 bits per heavy atom. The molecule has 1 aliphatic carbocycles. The van der Waals surface area contributed by atoms with Crippen molar-refractivity contribution in [2.24, 2.45) is 5.10 Å². The SMILES string of the molecule is COc1ccc(N(CC(=O)NN=C2CCCCC2)S(=O)(=O)c2ccccc2)cc1. The van der Waals surface area contributed by atoms with Crippen LogP contribution >= 0.6 is 0 Å². The monoisotopic (exact) mass is 415 g/mol. The van der Waals surface area contributed by atoms with Crippen LogP contribution in [0.5, 0.6) is 5.75 Å². The molecule has 1 N–H and O–H groups in total. The standard InChI is InChI=1S/C21H25N3O4S/c1-28-19-14-12-18(13-15-19)24(29(26,27)20-10-6-3-7-11-20)16-21(25)23-22-17-8-4-2-5-9-17/h3,6-7,10-15H,2,4-5,8-9,16H2,1H3,(H,23,25). The molecule has 0 atom stereocenters. The van der Waals surface area contributed by atoms with Gasteiger partial charge in [-0.25, -0.2) is 13.8 Å². The average molecular weight is 416 g/mol. The van der Waals surface area contributed by atoms with Gasteiger partial charge in [0.2, 0.25) is 0 Å². The number of hydrogen-bond acceptors (Lipinski definition) is 5. The number of anilines is 1. The van der Waals surface area contributed by atoms with E-state index in [-0.39, 0.29) is 11.4 Å². The summed E-state index contributed by atoms with van der Waals surface area (Å²) in [5.74, 6) is 0.109. The summed E-state index contributed by atoms with van der Waals surface area (Å²) >= 11 is 0. The first-order valence-electron chi connectivity index (χ1n) is 9.57. The van der Waals surface area contributed by atoms with Gasteiger partial charge in [0.1, 0.15) is 12.3 Å². The Bertz CT molecular complexity index is 949. The van der Waals surface area contributed by atoms with E-state index in [1.807, 2.05) is 0 Å². The van der Waals surface area contributed by atoms with Gasteiger partial charge in [-0.1, -0.05) is 24.6 Å². The van der Waals surface area contributed by atoms with Gasteiger partial charge in [0.05, 0.1) is 17.7 Å². The third kappa shape index (κ3) is 5.35. The second-order valence-corrected chi connectivity index (χ2v) is 8.66. The molecule has 0 saturated heterocycles. The maximum absolute atomic E-state index is 13.2. The van der Waals surface area contributed by atoms with Gasteiger partial charge in [-0.15, -0.1) is 0 Å². The van der Waals surface area contributed by atoms with Crippen LogP contribution in [0.4, 0.5) is 5.69 Å². The van der Waals surface area contributed by atoms with Crippen molar-refractivity contribution in [3.63, 3.8) is 0 Å². The van der Waals surface area contributed by atoms with E-state index in [2.05, 4.69) is 10.5 Å². The largest absolute Gasteiger partial charge is 0.497 e. The molecule has 1 saturated carbocycles. The number of methoxy groups -OCH3 is 1. The molecule has 1 aliphatic rings. The number of ether oxygens (including phenoxy) is 1. The lowest BCUT2D eigenvalue weighted by Gasteiger charge is -2.24. The molecule has 29 heavy (non-hydrogen) atoms. The van der Waals surface area contributed by atoms with Crippen molar-refractivity contribution in [1.82, 2.24) is 5.43 Å². The maximum atomic E-state index is 13.2. The number of nitrogens with zero attached hydrogens (tertiary/aromatic N) is 2. The second-order valence-electron chi connectivity index (χ2n) is 6.80. The third-order valence-corrected chi connectivity index (χ3v) is 6.54. The highest BCUT2D eigenvalue weighted by Gasteiger charge is 2.27. The number of benzene rings is 2. The Kier molecular flexibility index (Phi) is 6.87. The first-order chi connectivity index (χ1) is 14.0. The lowest BCUT2D eigenvalue weighted by Crippen LogP contribution is -2.39. The zero-order valence-electron chi connectivity index (χ0n) is 16.4. The number of carbonyl (C=O) groups is 1. The fraction of sp³-hybridized carbons (Fsp3) is 0.333. The van der Waals surface area contributed by atoms with E-state index in [9.17, 15) is 13.2 Å². The predicted octanol–water partition coefficient (Wildman–Crippen LogP) is 3.33. The van der Waals surface area contributed by atoms with Crippen molar-refractivity contribution in [1.29, 1.82) is 0 Å². The molecule has 1 fully saturated rings. The molecule has 0 heterocycles. The number of hydrogen-bond donors (Lipinski definition) is 1. The predicted molar refractivity (Wildman–Crippen MR) is 113 cm³/mol. The van der Waals surface area contributed by atoms with Crippen molar-refractivity contribution in [2.75, 3.05) is 18.0 Å². The van der Waals surface area contributed by atoms with Gasteiger partial charge >= 0.3 is 0 Å². The number of hydrazone groups is 1. The minimum Gasteiger partial charge on any atom is -0.497 e. The molecule has 0 unspecified atom stereocenters. The highest BCUT2D eigenvalue weighted by molar-refractivity contribution is 7.92. The quantitative estimate of drug-likeness (QED) is 0.703. The smallest absolute Gasteiger partial charge is 0.264 e. The van der Waals surface area contributed by atoms with E-state index in [1.165, 1.54) is 25.7 Å². The van der Waals surface area contributed by atoms with Crippen LogP contribution < -0.4 is 14.5 Å². The summed E-state index contributed by atoms with van der Waals surface area (Å²) < 4.78 is 32.6. The number of nitrogens with one attached hydrogen (secondary N) is 1. The molecule has 1 amide bonds. The van der Waals surface area contributed by atoms with Crippen LogP contribution in [0.2, 0.25) is 0 Å². The first-order valence-corrected chi connectivity index (χ1v) is 11.0. The van der Waals surface area contributed by atoms with Gasteiger partial charge in [-0.05, 0) is 62.1 Å². The molecule has 2 aromatic rings. The molecule has 0 aromatic heterocycles. The van der Waals surface area contributed by atoms with Gasteiger partial charge in [0.15, 0.2) is 0 Å². The van der Waals surface area contributed by atoms with E-state index >= 15 is 0 Å². The summed E-state index contributed by atoms with van der Waals surface area (Å²) in [5.41, 5.74) is 3.84. The fourth-order valence-corrected chi connectivity index (χ4v) is 4.60. The van der Waals surface area contributed by atoms with Crippen LogP contribution in [-0.4, -0.2) is 33.7 Å². The van der Waals surface area contributed by atoms with Crippen molar-refractivity contribution >= 4 is 27.3 Å². The van der Waals surface area contributed by atoms with Crippen LogP contribution in [0.3, 0.4) is 0 Å². The van der Waals surface area contributed by atoms with Crippen molar-refractivity contribution in [3.8, 4) is 5.75 Å². The lowest BCUT2D eigenvalue weighted by molar-refractivity contribution is -0.119. The molecule has 0 spiro atoms. The molecule has 0 bridgehead atoms. The normalized spacial score (nSPS) is 14.2. The summed E-state index contributed by atoms with van der Waals surface area (Å²) in [5, 5.41) is 4.19. The lowest BCUT2D eigenvalue weighted by atomic mass is 9.99. The highest BCUT2D eigenvalue weighted by atomic mass is 32.2. The van der Waals surface area contributed by atoms with Gasteiger partial charge in [0.25, 0.3) is 15.9 Å². The molecular weight excluding hydrogens is 390 g/mol. The summed E-state index contributed by atoms with van der Waals surface area (Å²) in [6.07, 6.45) is 5.03. The Morgan fingerprint density at radius 1 is 1.03 bits per heavy atom. The Morgan fingerprint density at radius 3 is 2.31 bits per heavy atom. The molecule has 0 aliphatic heterocycles. The number of carbonyl (C=O) groups excluding carboxylic acids is 1.